The van der Waals surface area contributed by atoms with Gasteiger partial charge < -0.3 is 4.90 Å². The summed E-state index contributed by atoms with van der Waals surface area (Å²) in [4.78, 5) is 24.3. The van der Waals surface area contributed by atoms with Gasteiger partial charge in [0.15, 0.2) is 0 Å². The van der Waals surface area contributed by atoms with Gasteiger partial charge in [0.1, 0.15) is 6.20 Å². The SMILES string of the molecule is CN(C)c1ccc(/C=C/C(=O)c2nn(C)cc2[N+](=O)[O-])cc1. The van der Waals surface area contributed by atoms with E-state index in [0.29, 0.717) is 0 Å². The van der Waals surface area contributed by atoms with Crippen molar-refractivity contribution >= 4 is 23.2 Å². The molecule has 0 fully saturated rings. The van der Waals surface area contributed by atoms with E-state index in [1.165, 1.54) is 24.0 Å². The number of allylic oxidation sites excluding steroid dienone is 1. The Morgan fingerprint density at radius 1 is 1.32 bits per heavy atom. The molecule has 0 bridgehead atoms. The number of benzene rings is 1. The fourth-order valence-electron chi connectivity index (χ4n) is 1.92. The van der Waals surface area contributed by atoms with E-state index in [-0.39, 0.29) is 11.4 Å². The van der Waals surface area contributed by atoms with E-state index in [1.807, 2.05) is 43.3 Å². The Hall–Kier alpha value is -2.96. The zero-order valence-electron chi connectivity index (χ0n) is 12.6. The van der Waals surface area contributed by atoms with Crippen LogP contribution in [0.2, 0.25) is 0 Å². The van der Waals surface area contributed by atoms with Gasteiger partial charge in [-0.05, 0) is 23.8 Å². The van der Waals surface area contributed by atoms with Crippen molar-refractivity contribution in [1.82, 2.24) is 9.78 Å². The van der Waals surface area contributed by atoms with E-state index in [4.69, 9.17) is 0 Å². The van der Waals surface area contributed by atoms with Crippen molar-refractivity contribution in [1.29, 1.82) is 0 Å². The lowest BCUT2D eigenvalue weighted by atomic mass is 10.1. The Balaban J connectivity index is 2.19. The third kappa shape index (κ3) is 3.38. The third-order valence-electron chi connectivity index (χ3n) is 3.08. The average molecular weight is 300 g/mol. The second kappa shape index (κ2) is 6.21. The third-order valence-corrected chi connectivity index (χ3v) is 3.08. The van der Waals surface area contributed by atoms with E-state index < -0.39 is 10.7 Å². The maximum absolute atomic E-state index is 12.1. The molecule has 0 unspecified atom stereocenters. The van der Waals surface area contributed by atoms with Gasteiger partial charge in [0, 0.05) is 26.8 Å². The number of carbonyl (C=O) groups is 1. The Bertz CT molecular complexity index is 730. The highest BCUT2D eigenvalue weighted by Gasteiger charge is 2.22. The lowest BCUT2D eigenvalue weighted by molar-refractivity contribution is -0.385. The molecular formula is C15H16N4O3. The van der Waals surface area contributed by atoms with Crippen molar-refractivity contribution in [3.05, 3.63) is 57.9 Å². The largest absolute Gasteiger partial charge is 0.378 e. The molecule has 1 heterocycles. The Labute approximate surface area is 127 Å². The minimum atomic E-state index is -0.611. The number of nitro groups is 1. The van der Waals surface area contributed by atoms with Crippen LogP contribution in [0.3, 0.4) is 0 Å². The van der Waals surface area contributed by atoms with Gasteiger partial charge in [-0.3, -0.25) is 19.6 Å². The average Bonchev–Trinajstić information content (AvgIpc) is 2.87. The van der Waals surface area contributed by atoms with Gasteiger partial charge in [-0.2, -0.15) is 5.10 Å². The smallest absolute Gasteiger partial charge is 0.318 e. The maximum atomic E-state index is 12.1. The van der Waals surface area contributed by atoms with Crippen LogP contribution in [0.1, 0.15) is 16.1 Å². The molecule has 0 aliphatic rings. The second-order valence-electron chi connectivity index (χ2n) is 4.98. The van der Waals surface area contributed by atoms with Crippen molar-refractivity contribution in [3.8, 4) is 0 Å². The van der Waals surface area contributed by atoms with E-state index in [9.17, 15) is 14.9 Å². The van der Waals surface area contributed by atoms with E-state index in [2.05, 4.69) is 5.10 Å². The Morgan fingerprint density at radius 3 is 2.50 bits per heavy atom. The summed E-state index contributed by atoms with van der Waals surface area (Å²) in [5.74, 6) is -0.496. The van der Waals surface area contributed by atoms with Crippen molar-refractivity contribution in [2.24, 2.45) is 7.05 Å². The zero-order valence-corrected chi connectivity index (χ0v) is 12.6. The number of carbonyl (C=O) groups excluding carboxylic acids is 1. The lowest BCUT2D eigenvalue weighted by Crippen LogP contribution is -2.07. The molecule has 22 heavy (non-hydrogen) atoms. The van der Waals surface area contributed by atoms with E-state index in [0.717, 1.165) is 11.3 Å². The molecule has 0 atom stereocenters. The highest BCUT2D eigenvalue weighted by atomic mass is 16.6. The van der Waals surface area contributed by atoms with Gasteiger partial charge in [0.25, 0.3) is 0 Å². The molecule has 7 heteroatoms. The summed E-state index contributed by atoms with van der Waals surface area (Å²) < 4.78 is 1.26. The van der Waals surface area contributed by atoms with Crippen LogP contribution in [0.4, 0.5) is 11.4 Å². The second-order valence-corrected chi connectivity index (χ2v) is 4.98. The fourth-order valence-corrected chi connectivity index (χ4v) is 1.92. The standard InChI is InChI=1S/C15H16N4O3/c1-17(2)12-7-4-11(5-8-12)6-9-14(20)15-13(19(21)22)10-18(3)16-15/h4-10H,1-3H3/b9-6+. The first-order valence-corrected chi connectivity index (χ1v) is 6.56. The number of hydrogen-bond acceptors (Lipinski definition) is 5. The topological polar surface area (TPSA) is 81.3 Å². The first-order chi connectivity index (χ1) is 10.4. The molecule has 0 saturated carbocycles. The molecule has 0 radical (unpaired) electrons. The van der Waals surface area contributed by atoms with Crippen molar-refractivity contribution in [2.45, 2.75) is 0 Å². The van der Waals surface area contributed by atoms with Gasteiger partial charge in [-0.1, -0.05) is 18.2 Å². The highest BCUT2D eigenvalue weighted by molar-refractivity contribution is 6.07. The zero-order chi connectivity index (χ0) is 16.3. The lowest BCUT2D eigenvalue weighted by Gasteiger charge is -2.11. The molecule has 2 rings (SSSR count). The molecule has 0 aliphatic carbocycles. The summed E-state index contributed by atoms with van der Waals surface area (Å²) in [6.45, 7) is 0. The maximum Gasteiger partial charge on any atom is 0.318 e. The molecule has 0 N–H and O–H groups in total. The number of ketones is 1. The number of nitrogens with zero attached hydrogens (tertiary/aromatic N) is 4. The predicted molar refractivity (Wildman–Crippen MR) is 84.0 cm³/mol. The van der Waals surface area contributed by atoms with Gasteiger partial charge in [-0.15, -0.1) is 0 Å². The van der Waals surface area contributed by atoms with Gasteiger partial charge in [0.05, 0.1) is 4.92 Å². The summed E-state index contributed by atoms with van der Waals surface area (Å²) in [7, 11) is 5.41. The monoisotopic (exact) mass is 300 g/mol. The van der Waals surface area contributed by atoms with Crippen molar-refractivity contribution < 1.29 is 9.72 Å². The van der Waals surface area contributed by atoms with Crippen LogP contribution < -0.4 is 4.90 Å². The van der Waals surface area contributed by atoms with Gasteiger partial charge in [-0.25, -0.2) is 0 Å². The molecular weight excluding hydrogens is 284 g/mol. The van der Waals surface area contributed by atoms with Crippen LogP contribution in [0, 0.1) is 10.1 Å². The summed E-state index contributed by atoms with van der Waals surface area (Å²) in [6.07, 6.45) is 4.12. The van der Waals surface area contributed by atoms with Crippen LogP contribution in [0.5, 0.6) is 0 Å². The molecule has 114 valence electrons. The summed E-state index contributed by atoms with van der Waals surface area (Å²) in [6, 6.07) is 7.58. The van der Waals surface area contributed by atoms with Crippen molar-refractivity contribution in [2.75, 3.05) is 19.0 Å². The summed E-state index contributed by atoms with van der Waals surface area (Å²) in [5.41, 5.74) is 1.43. The first kappa shape index (κ1) is 15.4. The molecule has 0 aliphatic heterocycles. The predicted octanol–water partition coefficient (Wildman–Crippen LogP) is 2.29. The van der Waals surface area contributed by atoms with E-state index >= 15 is 0 Å². The minimum Gasteiger partial charge on any atom is -0.378 e. The molecule has 1 aromatic heterocycles. The molecule has 1 aromatic carbocycles. The number of hydrogen-bond donors (Lipinski definition) is 0. The quantitative estimate of drug-likeness (QED) is 0.366. The fraction of sp³-hybridized carbons (Fsp3) is 0.200. The Kier molecular flexibility index (Phi) is 4.36. The number of anilines is 1. The van der Waals surface area contributed by atoms with E-state index in [1.54, 1.807) is 6.08 Å². The molecule has 7 nitrogen and oxygen atoms in total. The van der Waals surface area contributed by atoms with Crippen LogP contribution in [-0.4, -0.2) is 34.6 Å². The van der Waals surface area contributed by atoms with Crippen LogP contribution in [0.25, 0.3) is 6.08 Å². The normalized spacial score (nSPS) is 10.9. The van der Waals surface area contributed by atoms with Gasteiger partial charge in [0.2, 0.25) is 11.5 Å². The number of aryl methyl sites for hydroxylation is 1. The molecule has 2 aromatic rings. The van der Waals surface area contributed by atoms with Crippen molar-refractivity contribution in [3.63, 3.8) is 0 Å². The van der Waals surface area contributed by atoms with Crippen LogP contribution >= 0.6 is 0 Å². The molecule has 0 saturated heterocycles. The molecule has 0 spiro atoms. The van der Waals surface area contributed by atoms with Crippen LogP contribution in [-0.2, 0) is 7.05 Å². The summed E-state index contributed by atoms with van der Waals surface area (Å²) >= 11 is 0. The number of rotatable bonds is 5. The highest BCUT2D eigenvalue weighted by Crippen LogP contribution is 2.18. The first-order valence-electron chi connectivity index (χ1n) is 6.56. The summed E-state index contributed by atoms with van der Waals surface area (Å²) in [5, 5.41) is 14.7. The minimum absolute atomic E-state index is 0.159. The van der Waals surface area contributed by atoms with Gasteiger partial charge >= 0.3 is 5.69 Å². The Morgan fingerprint density at radius 2 is 1.95 bits per heavy atom. The number of aromatic nitrogens is 2. The molecule has 0 amide bonds. The van der Waals surface area contributed by atoms with Crippen LogP contribution in [0.15, 0.2) is 36.5 Å².